The zero-order chi connectivity index (χ0) is 15.2. The van der Waals surface area contributed by atoms with Crippen LogP contribution in [0.25, 0.3) is 0 Å². The molecule has 5 nitrogen and oxygen atoms in total. The van der Waals surface area contributed by atoms with Crippen molar-refractivity contribution >= 4 is 6.03 Å². The maximum atomic E-state index is 12.1. The molecule has 0 aromatic heterocycles. The predicted octanol–water partition coefficient (Wildman–Crippen LogP) is 1.80. The molecule has 1 aromatic carbocycles. The second-order valence-electron chi connectivity index (χ2n) is 5.77. The van der Waals surface area contributed by atoms with E-state index in [-0.39, 0.29) is 18.2 Å². The summed E-state index contributed by atoms with van der Waals surface area (Å²) >= 11 is 0. The van der Waals surface area contributed by atoms with Gasteiger partial charge >= 0.3 is 6.03 Å². The van der Waals surface area contributed by atoms with E-state index in [2.05, 4.69) is 17.1 Å². The van der Waals surface area contributed by atoms with Crippen LogP contribution in [0.3, 0.4) is 0 Å². The first-order chi connectivity index (χ1) is 10.1. The Bertz CT molecular complexity index is 444. The number of likely N-dealkylation sites (N-methyl/N-ethyl adjacent to an activating group) is 1. The summed E-state index contributed by atoms with van der Waals surface area (Å²) in [6.45, 7) is 4.25. The second-order valence-corrected chi connectivity index (χ2v) is 5.77. The number of benzene rings is 1. The number of carbonyl (C=O) groups is 1. The number of hydrogen-bond acceptors (Lipinski definition) is 3. The minimum atomic E-state index is 0.0108. The van der Waals surface area contributed by atoms with Gasteiger partial charge in [-0.3, -0.25) is 0 Å². The molecule has 1 N–H and O–H groups in total. The fourth-order valence-corrected chi connectivity index (χ4v) is 2.35. The van der Waals surface area contributed by atoms with Gasteiger partial charge in [-0.05, 0) is 32.6 Å². The van der Waals surface area contributed by atoms with E-state index in [0.29, 0.717) is 13.1 Å². The van der Waals surface area contributed by atoms with E-state index in [9.17, 15) is 4.79 Å². The molecular weight excluding hydrogens is 266 g/mol. The summed E-state index contributed by atoms with van der Waals surface area (Å²) in [6, 6.07) is 9.94. The maximum absolute atomic E-state index is 12.1. The number of ether oxygens (including phenoxy) is 1. The van der Waals surface area contributed by atoms with Crippen LogP contribution in [0.1, 0.15) is 13.3 Å². The van der Waals surface area contributed by atoms with E-state index in [1.54, 1.807) is 4.90 Å². The van der Waals surface area contributed by atoms with E-state index in [4.69, 9.17) is 4.74 Å². The highest BCUT2D eigenvalue weighted by atomic mass is 16.5. The largest absolute Gasteiger partial charge is 0.487 e. The zero-order valence-electron chi connectivity index (χ0n) is 13.1. The fraction of sp³-hybridized carbons (Fsp3) is 0.562. The average Bonchev–Trinajstić information content (AvgIpc) is 2.42. The Morgan fingerprint density at radius 3 is 2.62 bits per heavy atom. The van der Waals surface area contributed by atoms with Gasteiger partial charge in [-0.25, -0.2) is 4.79 Å². The summed E-state index contributed by atoms with van der Waals surface area (Å²) in [6.07, 6.45) is 1.04. The number of hydrogen-bond donors (Lipinski definition) is 1. The van der Waals surface area contributed by atoms with Crippen LogP contribution in [0.15, 0.2) is 30.3 Å². The van der Waals surface area contributed by atoms with Gasteiger partial charge in [0, 0.05) is 12.6 Å². The SMILES string of the molecule is CCC(CN(C)C)NC(=O)N1CC(Oc2ccccc2)C1. The molecule has 0 saturated carbocycles. The van der Waals surface area contributed by atoms with Crippen molar-refractivity contribution in [1.29, 1.82) is 0 Å². The number of urea groups is 1. The standard InChI is InChI=1S/C16H25N3O2/c1-4-13(10-18(2)3)17-16(20)19-11-15(12-19)21-14-8-6-5-7-9-14/h5-9,13,15H,4,10-12H2,1-3H3,(H,17,20). The molecule has 21 heavy (non-hydrogen) atoms. The first kappa shape index (κ1) is 15.6. The number of amides is 2. The molecule has 1 aromatic rings. The molecule has 1 atom stereocenters. The molecule has 0 bridgehead atoms. The Morgan fingerprint density at radius 2 is 2.05 bits per heavy atom. The topological polar surface area (TPSA) is 44.8 Å². The predicted molar refractivity (Wildman–Crippen MR) is 83.6 cm³/mol. The molecule has 0 radical (unpaired) electrons. The van der Waals surface area contributed by atoms with Gasteiger partial charge in [-0.15, -0.1) is 0 Å². The van der Waals surface area contributed by atoms with Gasteiger partial charge in [0.2, 0.25) is 0 Å². The molecule has 2 amide bonds. The molecule has 1 aliphatic rings. The Morgan fingerprint density at radius 1 is 1.38 bits per heavy atom. The highest BCUT2D eigenvalue weighted by molar-refractivity contribution is 5.75. The van der Waals surface area contributed by atoms with Gasteiger partial charge in [0.05, 0.1) is 13.1 Å². The Hall–Kier alpha value is -1.75. The minimum Gasteiger partial charge on any atom is -0.487 e. The number of para-hydroxylation sites is 1. The Kier molecular flexibility index (Phi) is 5.44. The third-order valence-corrected chi connectivity index (χ3v) is 3.59. The van der Waals surface area contributed by atoms with Crippen LogP contribution in [-0.4, -0.2) is 61.7 Å². The van der Waals surface area contributed by atoms with Gasteiger partial charge in [0.1, 0.15) is 11.9 Å². The van der Waals surface area contributed by atoms with Crippen molar-refractivity contribution in [3.8, 4) is 5.75 Å². The molecule has 5 heteroatoms. The third-order valence-electron chi connectivity index (χ3n) is 3.59. The van der Waals surface area contributed by atoms with Gasteiger partial charge in [0.25, 0.3) is 0 Å². The van der Waals surface area contributed by atoms with Gasteiger partial charge in [0.15, 0.2) is 0 Å². The van der Waals surface area contributed by atoms with Gasteiger partial charge < -0.3 is 19.9 Å². The lowest BCUT2D eigenvalue weighted by Crippen LogP contribution is -2.60. The molecule has 1 unspecified atom stereocenters. The van der Waals surface area contributed by atoms with Crippen molar-refractivity contribution in [2.75, 3.05) is 33.7 Å². The zero-order valence-corrected chi connectivity index (χ0v) is 13.1. The van der Waals surface area contributed by atoms with Crippen LogP contribution >= 0.6 is 0 Å². The normalized spacial score (nSPS) is 16.5. The van der Waals surface area contributed by atoms with Gasteiger partial charge in [-0.2, -0.15) is 0 Å². The van der Waals surface area contributed by atoms with Gasteiger partial charge in [-0.1, -0.05) is 25.1 Å². The van der Waals surface area contributed by atoms with Crippen LogP contribution < -0.4 is 10.1 Å². The van der Waals surface area contributed by atoms with Crippen LogP contribution in [0.2, 0.25) is 0 Å². The first-order valence-electron chi connectivity index (χ1n) is 7.50. The molecule has 2 rings (SSSR count). The lowest BCUT2D eigenvalue weighted by Gasteiger charge is -2.39. The Labute approximate surface area is 126 Å². The summed E-state index contributed by atoms with van der Waals surface area (Å²) in [5.74, 6) is 0.863. The summed E-state index contributed by atoms with van der Waals surface area (Å²) in [7, 11) is 4.03. The van der Waals surface area contributed by atoms with E-state index in [0.717, 1.165) is 18.7 Å². The van der Waals surface area contributed by atoms with Crippen molar-refractivity contribution in [3.63, 3.8) is 0 Å². The number of rotatable bonds is 6. The molecule has 1 fully saturated rings. The van der Waals surface area contributed by atoms with Crippen LogP contribution in [0.5, 0.6) is 5.75 Å². The molecule has 0 spiro atoms. The van der Waals surface area contributed by atoms with E-state index >= 15 is 0 Å². The van der Waals surface area contributed by atoms with Crippen molar-refractivity contribution in [2.45, 2.75) is 25.5 Å². The van der Waals surface area contributed by atoms with Crippen molar-refractivity contribution in [3.05, 3.63) is 30.3 Å². The van der Waals surface area contributed by atoms with E-state index in [1.807, 2.05) is 44.4 Å². The lowest BCUT2D eigenvalue weighted by atomic mass is 10.1. The molecule has 0 aliphatic carbocycles. The maximum Gasteiger partial charge on any atom is 0.317 e. The quantitative estimate of drug-likeness (QED) is 0.869. The summed E-state index contributed by atoms with van der Waals surface area (Å²) in [5, 5.41) is 3.07. The molecule has 1 saturated heterocycles. The smallest absolute Gasteiger partial charge is 0.317 e. The third kappa shape index (κ3) is 4.63. The fourth-order valence-electron chi connectivity index (χ4n) is 2.35. The molecule has 1 aliphatic heterocycles. The summed E-state index contributed by atoms with van der Waals surface area (Å²) in [4.78, 5) is 16.0. The highest BCUT2D eigenvalue weighted by Gasteiger charge is 2.32. The van der Waals surface area contributed by atoms with Crippen LogP contribution in [-0.2, 0) is 0 Å². The lowest BCUT2D eigenvalue weighted by molar-refractivity contribution is 0.0430. The second kappa shape index (κ2) is 7.31. The molecule has 116 valence electrons. The Balaban J connectivity index is 1.72. The minimum absolute atomic E-state index is 0.0108. The molecular formula is C16H25N3O2. The summed E-state index contributed by atoms with van der Waals surface area (Å²) in [5.41, 5.74) is 0. The van der Waals surface area contributed by atoms with Crippen LogP contribution in [0, 0.1) is 0 Å². The number of nitrogens with one attached hydrogen (secondary N) is 1. The summed E-state index contributed by atoms with van der Waals surface area (Å²) < 4.78 is 5.80. The van der Waals surface area contributed by atoms with E-state index < -0.39 is 0 Å². The number of likely N-dealkylation sites (tertiary alicyclic amines) is 1. The van der Waals surface area contributed by atoms with E-state index in [1.165, 1.54) is 0 Å². The van der Waals surface area contributed by atoms with Crippen molar-refractivity contribution in [1.82, 2.24) is 15.1 Å². The van der Waals surface area contributed by atoms with Crippen molar-refractivity contribution in [2.24, 2.45) is 0 Å². The van der Waals surface area contributed by atoms with Crippen molar-refractivity contribution < 1.29 is 9.53 Å². The highest BCUT2D eigenvalue weighted by Crippen LogP contribution is 2.17. The van der Waals surface area contributed by atoms with Crippen LogP contribution in [0.4, 0.5) is 4.79 Å². The number of nitrogens with zero attached hydrogens (tertiary/aromatic N) is 2. The number of carbonyl (C=O) groups excluding carboxylic acids is 1. The molecule has 1 heterocycles. The monoisotopic (exact) mass is 291 g/mol. The average molecular weight is 291 g/mol. The first-order valence-corrected chi connectivity index (χ1v) is 7.50.